The molecule has 0 bridgehead atoms. The van der Waals surface area contributed by atoms with Crippen molar-refractivity contribution in [3.05, 3.63) is 35.4 Å². The smallest absolute Gasteiger partial charge is 0.326 e. The fourth-order valence-electron chi connectivity index (χ4n) is 1.68. The molecule has 0 unspecified atom stereocenters. The number of carbonyl (C=O) groups excluding carboxylic acids is 2. The van der Waals surface area contributed by atoms with Crippen molar-refractivity contribution in [3.8, 4) is 6.07 Å². The van der Waals surface area contributed by atoms with E-state index in [0.717, 1.165) is 0 Å². The fraction of sp³-hybridized carbons (Fsp3) is 0.333. The SMILES string of the molecule is CCC(=O)CC[C@H](NC(=O)c1ccc(C#N)cc1)C(=O)O. The second-order valence-corrected chi connectivity index (χ2v) is 4.48. The van der Waals surface area contributed by atoms with E-state index >= 15 is 0 Å². The molecule has 0 saturated heterocycles. The van der Waals surface area contributed by atoms with Crippen LogP contribution in [0, 0.1) is 11.3 Å². The molecule has 1 atom stereocenters. The van der Waals surface area contributed by atoms with Crippen molar-refractivity contribution in [2.75, 3.05) is 0 Å². The normalized spacial score (nSPS) is 11.2. The van der Waals surface area contributed by atoms with Gasteiger partial charge in [0.05, 0.1) is 11.6 Å². The number of carboxylic acids is 1. The van der Waals surface area contributed by atoms with E-state index in [2.05, 4.69) is 5.32 Å². The van der Waals surface area contributed by atoms with E-state index in [-0.39, 0.29) is 24.2 Å². The monoisotopic (exact) mass is 288 g/mol. The van der Waals surface area contributed by atoms with Gasteiger partial charge in [-0.25, -0.2) is 4.79 Å². The molecule has 21 heavy (non-hydrogen) atoms. The van der Waals surface area contributed by atoms with E-state index in [1.54, 1.807) is 6.92 Å². The summed E-state index contributed by atoms with van der Waals surface area (Å²) >= 11 is 0. The number of ketones is 1. The minimum atomic E-state index is -1.18. The summed E-state index contributed by atoms with van der Waals surface area (Å²) in [6.07, 6.45) is 0.515. The standard InChI is InChI=1S/C15H16N2O4/c1-2-12(18)7-8-13(15(20)21)17-14(19)11-5-3-10(9-16)4-6-11/h3-6,13H,2,7-8H2,1H3,(H,17,19)(H,20,21)/t13-/m0/s1. The number of nitriles is 1. The van der Waals surface area contributed by atoms with Gasteiger partial charge in [0.25, 0.3) is 5.91 Å². The summed E-state index contributed by atoms with van der Waals surface area (Å²) < 4.78 is 0. The third kappa shape index (κ3) is 5.07. The lowest BCUT2D eigenvalue weighted by Crippen LogP contribution is -2.41. The van der Waals surface area contributed by atoms with Gasteiger partial charge >= 0.3 is 5.97 Å². The van der Waals surface area contributed by atoms with E-state index in [1.807, 2.05) is 6.07 Å². The van der Waals surface area contributed by atoms with Crippen molar-refractivity contribution < 1.29 is 19.5 Å². The number of hydrogen-bond acceptors (Lipinski definition) is 4. The van der Waals surface area contributed by atoms with Gasteiger partial charge in [0, 0.05) is 18.4 Å². The lowest BCUT2D eigenvalue weighted by atomic mass is 10.1. The Morgan fingerprint density at radius 3 is 2.38 bits per heavy atom. The molecular formula is C15H16N2O4. The van der Waals surface area contributed by atoms with Crippen LogP contribution in [0.2, 0.25) is 0 Å². The molecule has 0 aliphatic heterocycles. The van der Waals surface area contributed by atoms with E-state index < -0.39 is 17.9 Å². The Morgan fingerprint density at radius 1 is 1.29 bits per heavy atom. The zero-order valence-electron chi connectivity index (χ0n) is 11.6. The molecule has 0 spiro atoms. The molecule has 6 nitrogen and oxygen atoms in total. The molecule has 0 heterocycles. The Morgan fingerprint density at radius 2 is 1.90 bits per heavy atom. The van der Waals surface area contributed by atoms with Crippen LogP contribution >= 0.6 is 0 Å². The molecule has 0 aliphatic rings. The Bertz CT molecular complexity index is 572. The summed E-state index contributed by atoms with van der Waals surface area (Å²) in [4.78, 5) is 34.3. The first-order valence-electron chi connectivity index (χ1n) is 6.53. The first-order valence-corrected chi connectivity index (χ1v) is 6.53. The highest BCUT2D eigenvalue weighted by molar-refractivity contribution is 5.96. The maximum atomic E-state index is 11.9. The number of carbonyl (C=O) groups is 3. The molecule has 0 radical (unpaired) electrons. The number of benzene rings is 1. The zero-order chi connectivity index (χ0) is 15.8. The van der Waals surface area contributed by atoms with Gasteiger partial charge in [-0.05, 0) is 30.7 Å². The van der Waals surface area contributed by atoms with E-state index in [9.17, 15) is 14.4 Å². The zero-order valence-corrected chi connectivity index (χ0v) is 11.6. The average Bonchev–Trinajstić information content (AvgIpc) is 2.50. The first kappa shape index (κ1) is 16.4. The van der Waals surface area contributed by atoms with Crippen LogP contribution in [0.5, 0.6) is 0 Å². The van der Waals surface area contributed by atoms with Gasteiger partial charge in [-0.2, -0.15) is 5.26 Å². The summed E-state index contributed by atoms with van der Waals surface area (Å²) in [6, 6.07) is 6.67. The summed E-state index contributed by atoms with van der Waals surface area (Å²) in [7, 11) is 0. The Labute approximate surface area is 122 Å². The number of aliphatic carboxylic acids is 1. The van der Waals surface area contributed by atoms with Crippen molar-refractivity contribution in [2.45, 2.75) is 32.2 Å². The van der Waals surface area contributed by atoms with Crippen LogP contribution in [0.1, 0.15) is 42.1 Å². The molecule has 1 rings (SSSR count). The van der Waals surface area contributed by atoms with E-state index in [0.29, 0.717) is 12.0 Å². The van der Waals surface area contributed by atoms with Gasteiger partial charge in [-0.15, -0.1) is 0 Å². The number of nitrogens with zero attached hydrogens (tertiary/aromatic N) is 1. The predicted octanol–water partition coefficient (Wildman–Crippen LogP) is 1.50. The summed E-state index contributed by atoms with van der Waals surface area (Å²) in [5.41, 5.74) is 0.678. The third-order valence-electron chi connectivity index (χ3n) is 2.99. The van der Waals surface area contributed by atoms with Crippen LogP contribution in [-0.4, -0.2) is 28.8 Å². The predicted molar refractivity (Wildman–Crippen MR) is 74.6 cm³/mol. The van der Waals surface area contributed by atoms with Crippen LogP contribution in [0.3, 0.4) is 0 Å². The first-order chi connectivity index (χ1) is 9.97. The van der Waals surface area contributed by atoms with Gasteiger partial charge in [0.2, 0.25) is 0 Å². The highest BCUT2D eigenvalue weighted by Gasteiger charge is 2.21. The minimum Gasteiger partial charge on any atom is -0.480 e. The summed E-state index contributed by atoms with van der Waals surface area (Å²) in [5.74, 6) is -1.77. The third-order valence-corrected chi connectivity index (χ3v) is 2.99. The minimum absolute atomic E-state index is 0.0473. The Kier molecular flexibility index (Phi) is 6.08. The maximum absolute atomic E-state index is 11.9. The fourth-order valence-corrected chi connectivity index (χ4v) is 1.68. The quantitative estimate of drug-likeness (QED) is 0.790. The number of hydrogen-bond donors (Lipinski definition) is 2. The second-order valence-electron chi connectivity index (χ2n) is 4.48. The Balaban J connectivity index is 2.69. The number of carboxylic acid groups (broad SMARTS) is 1. The lowest BCUT2D eigenvalue weighted by Gasteiger charge is -2.14. The van der Waals surface area contributed by atoms with E-state index in [4.69, 9.17) is 10.4 Å². The highest BCUT2D eigenvalue weighted by Crippen LogP contribution is 2.06. The van der Waals surface area contributed by atoms with Crippen LogP contribution < -0.4 is 5.32 Å². The van der Waals surface area contributed by atoms with Crippen LogP contribution in [0.15, 0.2) is 24.3 Å². The van der Waals surface area contributed by atoms with Crippen molar-refractivity contribution in [1.82, 2.24) is 5.32 Å². The molecule has 1 aromatic carbocycles. The van der Waals surface area contributed by atoms with Crippen molar-refractivity contribution >= 4 is 17.7 Å². The molecule has 6 heteroatoms. The number of nitrogens with one attached hydrogen (secondary N) is 1. The highest BCUT2D eigenvalue weighted by atomic mass is 16.4. The molecular weight excluding hydrogens is 272 g/mol. The van der Waals surface area contributed by atoms with Gasteiger partial charge in [0.15, 0.2) is 0 Å². The van der Waals surface area contributed by atoms with Gasteiger partial charge < -0.3 is 10.4 Å². The molecule has 0 aromatic heterocycles. The van der Waals surface area contributed by atoms with Gasteiger partial charge in [-0.3, -0.25) is 9.59 Å². The number of rotatable bonds is 7. The van der Waals surface area contributed by atoms with Crippen LogP contribution in [-0.2, 0) is 9.59 Å². The molecule has 0 aliphatic carbocycles. The molecule has 0 fully saturated rings. The van der Waals surface area contributed by atoms with Crippen molar-refractivity contribution in [1.29, 1.82) is 5.26 Å². The molecule has 110 valence electrons. The van der Waals surface area contributed by atoms with Crippen LogP contribution in [0.25, 0.3) is 0 Å². The molecule has 1 amide bonds. The summed E-state index contributed by atoms with van der Waals surface area (Å²) in [5, 5.41) is 20.1. The Hall–Kier alpha value is -2.68. The van der Waals surface area contributed by atoms with Crippen LogP contribution in [0.4, 0.5) is 0 Å². The largest absolute Gasteiger partial charge is 0.480 e. The second kappa shape index (κ2) is 7.80. The number of Topliss-reactive ketones (excluding diaryl/α,β-unsaturated/α-hetero) is 1. The molecule has 1 aromatic rings. The number of amides is 1. The molecule has 0 saturated carbocycles. The van der Waals surface area contributed by atoms with Crippen molar-refractivity contribution in [3.63, 3.8) is 0 Å². The maximum Gasteiger partial charge on any atom is 0.326 e. The average molecular weight is 288 g/mol. The lowest BCUT2D eigenvalue weighted by molar-refractivity contribution is -0.139. The van der Waals surface area contributed by atoms with Crippen molar-refractivity contribution in [2.24, 2.45) is 0 Å². The van der Waals surface area contributed by atoms with Gasteiger partial charge in [-0.1, -0.05) is 6.92 Å². The van der Waals surface area contributed by atoms with Gasteiger partial charge in [0.1, 0.15) is 11.8 Å². The summed E-state index contributed by atoms with van der Waals surface area (Å²) in [6.45, 7) is 1.70. The van der Waals surface area contributed by atoms with E-state index in [1.165, 1.54) is 24.3 Å². The topological polar surface area (TPSA) is 107 Å². The molecule has 2 N–H and O–H groups in total.